The Morgan fingerprint density at radius 1 is 1.28 bits per heavy atom. The van der Waals surface area contributed by atoms with Crippen LogP contribution in [-0.2, 0) is 6.54 Å². The summed E-state index contributed by atoms with van der Waals surface area (Å²) in [6.45, 7) is 2.75. The Labute approximate surface area is 104 Å². The highest BCUT2D eigenvalue weighted by molar-refractivity contribution is 5.77. The highest BCUT2D eigenvalue weighted by Crippen LogP contribution is 2.15. The number of hydrogen-bond acceptors (Lipinski definition) is 4. The predicted octanol–water partition coefficient (Wildman–Crippen LogP) is 2.27. The maximum Gasteiger partial charge on any atom is 0.155 e. The van der Waals surface area contributed by atoms with Gasteiger partial charge in [0, 0.05) is 23.8 Å². The van der Waals surface area contributed by atoms with E-state index in [1.54, 1.807) is 18.6 Å². The minimum absolute atomic E-state index is 0.741. The number of aromatic nitrogens is 4. The molecule has 2 N–H and O–H groups in total. The van der Waals surface area contributed by atoms with Gasteiger partial charge in [-0.3, -0.25) is 10.1 Å². The Bertz CT molecular complexity index is 674. The van der Waals surface area contributed by atoms with Crippen molar-refractivity contribution in [3.63, 3.8) is 0 Å². The fourth-order valence-corrected chi connectivity index (χ4v) is 1.83. The third-order valence-electron chi connectivity index (χ3n) is 2.89. The van der Waals surface area contributed by atoms with Crippen LogP contribution in [0.3, 0.4) is 0 Å². The zero-order valence-electron chi connectivity index (χ0n) is 10.0. The summed E-state index contributed by atoms with van der Waals surface area (Å²) in [4.78, 5) is 8.54. The highest BCUT2D eigenvalue weighted by atomic mass is 15.1. The molecule has 0 aliphatic rings. The summed E-state index contributed by atoms with van der Waals surface area (Å²) in [6.07, 6.45) is 5.37. The van der Waals surface area contributed by atoms with Crippen LogP contribution in [0.25, 0.3) is 11.0 Å². The second-order valence-corrected chi connectivity index (χ2v) is 4.13. The number of nitrogens with zero attached hydrogens (tertiary/aromatic N) is 3. The standard InChI is InChI=1S/C13H13N5/c1-9-10(3-2-4-14-9)6-15-12-5-11-7-17-18-13(11)16-8-12/h2-5,7-8,15H,6H2,1H3,(H,16,17,18). The van der Waals surface area contributed by atoms with Crippen molar-refractivity contribution in [1.82, 2.24) is 20.2 Å². The summed E-state index contributed by atoms with van der Waals surface area (Å²) >= 11 is 0. The van der Waals surface area contributed by atoms with Gasteiger partial charge < -0.3 is 5.32 Å². The van der Waals surface area contributed by atoms with Crippen molar-refractivity contribution >= 4 is 16.7 Å². The van der Waals surface area contributed by atoms with Gasteiger partial charge in [-0.25, -0.2) is 4.98 Å². The van der Waals surface area contributed by atoms with Gasteiger partial charge in [-0.2, -0.15) is 5.10 Å². The molecule has 3 aromatic heterocycles. The van der Waals surface area contributed by atoms with Gasteiger partial charge in [0.05, 0.1) is 18.1 Å². The molecule has 0 saturated heterocycles. The van der Waals surface area contributed by atoms with Crippen molar-refractivity contribution in [2.75, 3.05) is 5.32 Å². The molecule has 3 heterocycles. The monoisotopic (exact) mass is 239 g/mol. The summed E-state index contributed by atoms with van der Waals surface area (Å²) < 4.78 is 0. The van der Waals surface area contributed by atoms with Gasteiger partial charge in [0.2, 0.25) is 0 Å². The minimum atomic E-state index is 0.741. The lowest BCUT2D eigenvalue weighted by atomic mass is 10.2. The van der Waals surface area contributed by atoms with Gasteiger partial charge in [0.1, 0.15) is 0 Å². The van der Waals surface area contributed by atoms with Gasteiger partial charge in [-0.1, -0.05) is 6.07 Å². The molecule has 0 unspecified atom stereocenters. The summed E-state index contributed by atoms with van der Waals surface area (Å²) in [5.41, 5.74) is 4.01. The molecule has 0 atom stereocenters. The topological polar surface area (TPSA) is 66.5 Å². The van der Waals surface area contributed by atoms with Crippen molar-refractivity contribution in [2.45, 2.75) is 13.5 Å². The first-order chi connectivity index (χ1) is 8.83. The molecule has 0 radical (unpaired) electrons. The summed E-state index contributed by atoms with van der Waals surface area (Å²) in [5, 5.41) is 11.1. The maximum absolute atomic E-state index is 4.28. The molecular formula is C13H13N5. The van der Waals surface area contributed by atoms with E-state index in [0.29, 0.717) is 0 Å². The number of pyridine rings is 2. The molecule has 0 aliphatic heterocycles. The third-order valence-corrected chi connectivity index (χ3v) is 2.89. The van der Waals surface area contributed by atoms with E-state index in [1.165, 1.54) is 5.56 Å². The van der Waals surface area contributed by atoms with Crippen molar-refractivity contribution in [3.05, 3.63) is 48.0 Å². The SMILES string of the molecule is Cc1ncccc1CNc1cnc2[nH]ncc2c1. The van der Waals surface area contributed by atoms with E-state index < -0.39 is 0 Å². The second-order valence-electron chi connectivity index (χ2n) is 4.13. The van der Waals surface area contributed by atoms with Gasteiger partial charge in [-0.15, -0.1) is 0 Å². The van der Waals surface area contributed by atoms with E-state index in [2.05, 4.69) is 31.5 Å². The van der Waals surface area contributed by atoms with Crippen LogP contribution in [0.2, 0.25) is 0 Å². The smallest absolute Gasteiger partial charge is 0.155 e. The normalized spacial score (nSPS) is 10.7. The van der Waals surface area contributed by atoms with Gasteiger partial charge in [0.15, 0.2) is 5.65 Å². The van der Waals surface area contributed by atoms with Crippen LogP contribution in [0.5, 0.6) is 0 Å². The van der Waals surface area contributed by atoms with E-state index in [0.717, 1.165) is 29.0 Å². The average molecular weight is 239 g/mol. The fourth-order valence-electron chi connectivity index (χ4n) is 1.83. The lowest BCUT2D eigenvalue weighted by Crippen LogP contribution is -2.02. The lowest BCUT2D eigenvalue weighted by molar-refractivity contribution is 1.05. The number of aryl methyl sites for hydroxylation is 1. The summed E-state index contributed by atoms with van der Waals surface area (Å²) in [7, 11) is 0. The number of hydrogen-bond donors (Lipinski definition) is 2. The van der Waals surface area contributed by atoms with E-state index in [1.807, 2.05) is 19.1 Å². The maximum atomic E-state index is 4.28. The molecule has 0 aromatic carbocycles. The minimum Gasteiger partial charge on any atom is -0.380 e. The van der Waals surface area contributed by atoms with Crippen molar-refractivity contribution < 1.29 is 0 Å². The number of nitrogens with one attached hydrogen (secondary N) is 2. The van der Waals surface area contributed by atoms with Crippen LogP contribution >= 0.6 is 0 Å². The molecular weight excluding hydrogens is 226 g/mol. The molecule has 5 nitrogen and oxygen atoms in total. The largest absolute Gasteiger partial charge is 0.380 e. The first-order valence-electron chi connectivity index (χ1n) is 5.76. The van der Waals surface area contributed by atoms with Crippen LogP contribution in [-0.4, -0.2) is 20.2 Å². The molecule has 0 fully saturated rings. The molecule has 90 valence electrons. The van der Waals surface area contributed by atoms with Crippen LogP contribution in [0.15, 0.2) is 36.8 Å². The molecule has 0 saturated carbocycles. The number of fused-ring (bicyclic) bond motifs is 1. The van der Waals surface area contributed by atoms with Crippen molar-refractivity contribution in [2.24, 2.45) is 0 Å². The highest BCUT2D eigenvalue weighted by Gasteiger charge is 2.01. The Balaban J connectivity index is 1.78. The Morgan fingerprint density at radius 3 is 3.11 bits per heavy atom. The average Bonchev–Trinajstić information content (AvgIpc) is 2.85. The molecule has 5 heteroatoms. The quantitative estimate of drug-likeness (QED) is 0.735. The molecule has 0 spiro atoms. The van der Waals surface area contributed by atoms with Gasteiger partial charge >= 0.3 is 0 Å². The molecule has 18 heavy (non-hydrogen) atoms. The summed E-state index contributed by atoms with van der Waals surface area (Å²) in [6, 6.07) is 6.04. The summed E-state index contributed by atoms with van der Waals surface area (Å²) in [5.74, 6) is 0. The molecule has 0 bridgehead atoms. The van der Waals surface area contributed by atoms with E-state index in [9.17, 15) is 0 Å². The second kappa shape index (κ2) is 4.44. The zero-order chi connectivity index (χ0) is 12.4. The number of rotatable bonds is 3. The Hall–Kier alpha value is -2.43. The van der Waals surface area contributed by atoms with Gasteiger partial charge in [0.25, 0.3) is 0 Å². The number of aromatic amines is 1. The molecule has 3 aromatic rings. The van der Waals surface area contributed by atoms with Crippen LogP contribution in [0.4, 0.5) is 5.69 Å². The first-order valence-corrected chi connectivity index (χ1v) is 5.76. The number of anilines is 1. The first kappa shape index (κ1) is 10.7. The fraction of sp³-hybridized carbons (Fsp3) is 0.154. The van der Waals surface area contributed by atoms with E-state index in [-0.39, 0.29) is 0 Å². The van der Waals surface area contributed by atoms with Gasteiger partial charge in [-0.05, 0) is 24.6 Å². The lowest BCUT2D eigenvalue weighted by Gasteiger charge is -2.07. The Morgan fingerprint density at radius 2 is 2.22 bits per heavy atom. The molecule has 3 rings (SSSR count). The van der Waals surface area contributed by atoms with Crippen molar-refractivity contribution in [3.8, 4) is 0 Å². The Kier molecular flexibility index (Phi) is 2.64. The third kappa shape index (κ3) is 2.02. The van der Waals surface area contributed by atoms with Crippen LogP contribution in [0, 0.1) is 6.92 Å². The number of H-pyrrole nitrogens is 1. The van der Waals surface area contributed by atoms with E-state index in [4.69, 9.17) is 0 Å². The predicted molar refractivity (Wildman–Crippen MR) is 70.2 cm³/mol. The van der Waals surface area contributed by atoms with Crippen LogP contribution < -0.4 is 5.32 Å². The van der Waals surface area contributed by atoms with Crippen molar-refractivity contribution in [1.29, 1.82) is 0 Å². The van der Waals surface area contributed by atoms with Crippen LogP contribution in [0.1, 0.15) is 11.3 Å². The molecule has 0 amide bonds. The molecule has 0 aliphatic carbocycles. The van der Waals surface area contributed by atoms with E-state index >= 15 is 0 Å². The zero-order valence-corrected chi connectivity index (χ0v) is 10.0.